The van der Waals surface area contributed by atoms with Crippen molar-refractivity contribution in [1.82, 2.24) is 15.3 Å². The number of nitrogens with one attached hydrogen (secondary N) is 1. The molecule has 3 heteroatoms. The molecule has 0 aliphatic heterocycles. The minimum Gasteiger partial charge on any atom is -0.312 e. The van der Waals surface area contributed by atoms with E-state index in [2.05, 4.69) is 15.3 Å². The van der Waals surface area contributed by atoms with E-state index in [0.29, 0.717) is 6.04 Å². The van der Waals surface area contributed by atoms with Crippen LogP contribution in [0.1, 0.15) is 56.7 Å². The van der Waals surface area contributed by atoms with Crippen LogP contribution in [0.25, 0.3) is 0 Å². The Hall–Kier alpha value is -0.960. The highest BCUT2D eigenvalue weighted by molar-refractivity contribution is 5.01. The molecule has 1 aromatic rings. The van der Waals surface area contributed by atoms with Gasteiger partial charge in [-0.05, 0) is 25.8 Å². The van der Waals surface area contributed by atoms with E-state index in [1.165, 1.54) is 44.9 Å². The van der Waals surface area contributed by atoms with Gasteiger partial charge >= 0.3 is 0 Å². The first-order valence-electron chi connectivity index (χ1n) is 6.83. The number of nitrogens with zero attached hydrogens (tertiary/aromatic N) is 2. The quantitative estimate of drug-likeness (QED) is 0.849. The third kappa shape index (κ3) is 3.77. The monoisotopic (exact) mass is 233 g/mol. The predicted molar refractivity (Wildman–Crippen MR) is 69.6 cm³/mol. The standard InChI is InChI=1S/C14H23N3/c1-15-13(14-11-16-9-10-17-14)8-7-12-5-3-2-4-6-12/h9-13,15H,2-8H2,1H3. The second-order valence-electron chi connectivity index (χ2n) is 5.05. The van der Waals surface area contributed by atoms with Crippen molar-refractivity contribution in [3.63, 3.8) is 0 Å². The Morgan fingerprint density at radius 2 is 2.12 bits per heavy atom. The van der Waals surface area contributed by atoms with Gasteiger partial charge in [-0.1, -0.05) is 32.1 Å². The van der Waals surface area contributed by atoms with Crippen molar-refractivity contribution in [2.45, 2.75) is 51.0 Å². The molecular weight excluding hydrogens is 210 g/mol. The van der Waals surface area contributed by atoms with Gasteiger partial charge in [0.1, 0.15) is 0 Å². The number of rotatable bonds is 5. The van der Waals surface area contributed by atoms with Crippen LogP contribution in [-0.2, 0) is 0 Å². The largest absolute Gasteiger partial charge is 0.312 e. The Morgan fingerprint density at radius 1 is 1.29 bits per heavy atom. The van der Waals surface area contributed by atoms with Crippen LogP contribution >= 0.6 is 0 Å². The van der Waals surface area contributed by atoms with E-state index in [9.17, 15) is 0 Å². The zero-order chi connectivity index (χ0) is 11.9. The van der Waals surface area contributed by atoms with Gasteiger partial charge in [-0.3, -0.25) is 9.97 Å². The molecule has 0 bridgehead atoms. The SMILES string of the molecule is CNC(CCC1CCCCC1)c1cnccn1. The first-order chi connectivity index (χ1) is 8.40. The third-order valence-electron chi connectivity index (χ3n) is 3.88. The van der Waals surface area contributed by atoms with Crippen molar-refractivity contribution in [2.24, 2.45) is 5.92 Å². The van der Waals surface area contributed by atoms with Gasteiger partial charge < -0.3 is 5.32 Å². The molecule has 1 unspecified atom stereocenters. The Labute approximate surface area is 104 Å². The van der Waals surface area contributed by atoms with Gasteiger partial charge in [0.05, 0.1) is 11.7 Å². The lowest BCUT2D eigenvalue weighted by Gasteiger charge is -2.23. The fourth-order valence-corrected chi connectivity index (χ4v) is 2.81. The lowest BCUT2D eigenvalue weighted by atomic mass is 9.85. The maximum atomic E-state index is 4.39. The van der Waals surface area contributed by atoms with E-state index >= 15 is 0 Å². The molecule has 1 aliphatic carbocycles. The molecule has 2 rings (SSSR count). The highest BCUT2D eigenvalue weighted by Crippen LogP contribution is 2.29. The highest BCUT2D eigenvalue weighted by atomic mass is 14.9. The van der Waals surface area contributed by atoms with Crippen molar-refractivity contribution in [3.8, 4) is 0 Å². The van der Waals surface area contributed by atoms with Gasteiger partial charge in [0.25, 0.3) is 0 Å². The molecule has 0 spiro atoms. The number of aromatic nitrogens is 2. The molecule has 1 fully saturated rings. The minimum atomic E-state index is 0.366. The van der Waals surface area contributed by atoms with Crippen LogP contribution in [-0.4, -0.2) is 17.0 Å². The molecule has 1 aromatic heterocycles. The Morgan fingerprint density at radius 3 is 2.76 bits per heavy atom. The molecule has 0 amide bonds. The molecule has 1 saturated carbocycles. The second-order valence-corrected chi connectivity index (χ2v) is 5.05. The fourth-order valence-electron chi connectivity index (χ4n) is 2.81. The van der Waals surface area contributed by atoms with Crippen molar-refractivity contribution < 1.29 is 0 Å². The molecule has 3 nitrogen and oxygen atoms in total. The van der Waals surface area contributed by atoms with Crippen LogP contribution in [0.5, 0.6) is 0 Å². The summed E-state index contributed by atoms with van der Waals surface area (Å²) >= 11 is 0. The van der Waals surface area contributed by atoms with Crippen LogP contribution in [0.15, 0.2) is 18.6 Å². The van der Waals surface area contributed by atoms with Crippen molar-refractivity contribution >= 4 is 0 Å². The normalized spacial score (nSPS) is 19.1. The first-order valence-corrected chi connectivity index (χ1v) is 6.83. The van der Waals surface area contributed by atoms with Gasteiger partial charge in [-0.25, -0.2) is 0 Å². The summed E-state index contributed by atoms with van der Waals surface area (Å²) in [6.07, 6.45) is 15.0. The van der Waals surface area contributed by atoms with Gasteiger partial charge in [0.15, 0.2) is 0 Å². The summed E-state index contributed by atoms with van der Waals surface area (Å²) in [7, 11) is 2.01. The summed E-state index contributed by atoms with van der Waals surface area (Å²) in [6.45, 7) is 0. The van der Waals surface area contributed by atoms with E-state index in [1.807, 2.05) is 13.2 Å². The van der Waals surface area contributed by atoms with Gasteiger partial charge in [-0.15, -0.1) is 0 Å². The summed E-state index contributed by atoms with van der Waals surface area (Å²) in [5.41, 5.74) is 1.07. The molecule has 1 aliphatic rings. The van der Waals surface area contributed by atoms with E-state index < -0.39 is 0 Å². The molecule has 0 radical (unpaired) electrons. The minimum absolute atomic E-state index is 0.366. The van der Waals surface area contributed by atoms with E-state index in [1.54, 1.807) is 12.4 Å². The zero-order valence-corrected chi connectivity index (χ0v) is 10.7. The van der Waals surface area contributed by atoms with Gasteiger partial charge in [-0.2, -0.15) is 0 Å². The topological polar surface area (TPSA) is 37.8 Å². The van der Waals surface area contributed by atoms with Crippen molar-refractivity contribution in [3.05, 3.63) is 24.3 Å². The zero-order valence-electron chi connectivity index (χ0n) is 10.7. The van der Waals surface area contributed by atoms with Gasteiger partial charge in [0.2, 0.25) is 0 Å². The fraction of sp³-hybridized carbons (Fsp3) is 0.714. The molecule has 0 aromatic carbocycles. The van der Waals surface area contributed by atoms with Gasteiger partial charge in [0, 0.05) is 18.6 Å². The molecular formula is C14H23N3. The highest BCUT2D eigenvalue weighted by Gasteiger charge is 2.17. The van der Waals surface area contributed by atoms with Crippen molar-refractivity contribution in [2.75, 3.05) is 7.05 Å². The predicted octanol–water partition coefficient (Wildman–Crippen LogP) is 3.10. The molecule has 1 heterocycles. The first kappa shape index (κ1) is 12.5. The van der Waals surface area contributed by atoms with E-state index in [0.717, 1.165) is 11.6 Å². The summed E-state index contributed by atoms with van der Waals surface area (Å²) in [4.78, 5) is 8.53. The second kappa shape index (κ2) is 6.70. The summed E-state index contributed by atoms with van der Waals surface area (Å²) in [6, 6.07) is 0.366. The maximum Gasteiger partial charge on any atom is 0.0755 e. The lowest BCUT2D eigenvalue weighted by molar-refractivity contribution is 0.316. The smallest absolute Gasteiger partial charge is 0.0755 e. The molecule has 0 saturated heterocycles. The summed E-state index contributed by atoms with van der Waals surface area (Å²) in [5.74, 6) is 0.941. The molecule has 1 atom stereocenters. The summed E-state index contributed by atoms with van der Waals surface area (Å²) in [5, 5.41) is 3.36. The Balaban J connectivity index is 1.83. The van der Waals surface area contributed by atoms with Crippen LogP contribution in [0.2, 0.25) is 0 Å². The average molecular weight is 233 g/mol. The van der Waals surface area contributed by atoms with Crippen LogP contribution in [0.4, 0.5) is 0 Å². The van der Waals surface area contributed by atoms with Crippen LogP contribution < -0.4 is 5.32 Å². The third-order valence-corrected chi connectivity index (χ3v) is 3.88. The lowest BCUT2D eigenvalue weighted by Crippen LogP contribution is -2.19. The average Bonchev–Trinajstić information content (AvgIpc) is 2.42. The molecule has 17 heavy (non-hydrogen) atoms. The Kier molecular flexibility index (Phi) is 4.92. The van der Waals surface area contributed by atoms with Crippen LogP contribution in [0, 0.1) is 5.92 Å². The Bertz CT molecular complexity index is 307. The maximum absolute atomic E-state index is 4.39. The number of hydrogen-bond donors (Lipinski definition) is 1. The van der Waals surface area contributed by atoms with Crippen LogP contribution in [0.3, 0.4) is 0 Å². The van der Waals surface area contributed by atoms with E-state index in [-0.39, 0.29) is 0 Å². The van der Waals surface area contributed by atoms with Crippen molar-refractivity contribution in [1.29, 1.82) is 0 Å². The summed E-state index contributed by atoms with van der Waals surface area (Å²) < 4.78 is 0. The van der Waals surface area contributed by atoms with E-state index in [4.69, 9.17) is 0 Å². The molecule has 94 valence electrons. The molecule has 1 N–H and O–H groups in total. The number of hydrogen-bond acceptors (Lipinski definition) is 3.